The van der Waals surface area contributed by atoms with Crippen molar-refractivity contribution in [3.63, 3.8) is 0 Å². The van der Waals surface area contributed by atoms with Crippen LogP contribution in [0.1, 0.15) is 0 Å². The van der Waals surface area contributed by atoms with E-state index in [1.165, 1.54) is 7.11 Å². The lowest BCUT2D eigenvalue weighted by molar-refractivity contribution is 0.398. The first-order valence-electron chi connectivity index (χ1n) is 1.96. The normalized spacial score (nSPS) is 7.62. The highest BCUT2D eigenvalue weighted by Gasteiger charge is 1.88. The number of hydrogen-bond donors (Lipinski definition) is 2. The predicted molar refractivity (Wildman–Crippen MR) is 36.1 cm³/mol. The average molecular weight is 132 g/mol. The average Bonchev–Trinajstić information content (AvgIpc) is 1.65. The van der Waals surface area contributed by atoms with Gasteiger partial charge in [0.25, 0.3) is 5.17 Å². The van der Waals surface area contributed by atoms with Gasteiger partial charge in [-0.25, -0.2) is 0 Å². The Balaban J connectivity index is 3.40. The first-order chi connectivity index (χ1) is 3.66. The third-order valence-corrected chi connectivity index (χ3v) is 0.717. The number of methoxy groups -OCH3 is 1. The van der Waals surface area contributed by atoms with Crippen LogP contribution in [0.5, 0.6) is 0 Å². The fourth-order valence-electron chi connectivity index (χ4n) is 0.182. The van der Waals surface area contributed by atoms with Gasteiger partial charge in [0.15, 0.2) is 0 Å². The molecule has 0 rings (SSSR count). The molecule has 0 fully saturated rings. The zero-order valence-electron chi connectivity index (χ0n) is 4.60. The van der Waals surface area contributed by atoms with Gasteiger partial charge in [0.1, 0.15) is 0 Å². The number of ether oxygens (including phenoxy) is 1. The molecule has 8 heavy (non-hydrogen) atoms. The molecular formula is C4H8N2OS. The summed E-state index contributed by atoms with van der Waals surface area (Å²) in [7, 11) is 1.46. The zero-order chi connectivity index (χ0) is 6.57. The van der Waals surface area contributed by atoms with Crippen LogP contribution < -0.4 is 11.1 Å². The Bertz CT molecular complexity index is 113. The Labute approximate surface area is 53.5 Å². The van der Waals surface area contributed by atoms with Crippen molar-refractivity contribution in [2.75, 3.05) is 7.11 Å². The minimum absolute atomic E-state index is 0.234. The Kier molecular flexibility index (Phi) is 2.95. The van der Waals surface area contributed by atoms with Gasteiger partial charge in [0, 0.05) is 0 Å². The maximum Gasteiger partial charge on any atom is 0.261 e. The lowest BCUT2D eigenvalue weighted by Gasteiger charge is -2.02. The van der Waals surface area contributed by atoms with Crippen LogP contribution in [0, 0.1) is 0 Å². The predicted octanol–water partition coefficient (Wildman–Crippen LogP) is -0.0628. The van der Waals surface area contributed by atoms with Gasteiger partial charge in [-0.3, -0.25) is 0 Å². The minimum Gasteiger partial charge on any atom is -0.474 e. The molecule has 0 aromatic carbocycles. The van der Waals surface area contributed by atoms with E-state index in [2.05, 4.69) is 28.9 Å². The summed E-state index contributed by atoms with van der Waals surface area (Å²) in [4.78, 5) is 0. The number of nitrogens with two attached hydrogens (primary N) is 1. The fourth-order valence-corrected chi connectivity index (χ4v) is 0.313. The van der Waals surface area contributed by atoms with E-state index >= 15 is 0 Å². The number of nitrogens with one attached hydrogen (secondary N) is 1. The first kappa shape index (κ1) is 7.23. The molecule has 0 aromatic rings. The van der Waals surface area contributed by atoms with Crippen LogP contribution >= 0.6 is 12.2 Å². The molecule has 0 aliphatic heterocycles. The summed E-state index contributed by atoms with van der Waals surface area (Å²) in [6, 6.07) is 0. The van der Waals surface area contributed by atoms with Crippen LogP contribution in [0.4, 0.5) is 0 Å². The molecule has 3 nitrogen and oxygen atoms in total. The second-order valence-corrected chi connectivity index (χ2v) is 1.51. The van der Waals surface area contributed by atoms with Gasteiger partial charge in [-0.1, -0.05) is 6.58 Å². The van der Waals surface area contributed by atoms with Crippen molar-refractivity contribution in [1.82, 2.24) is 5.32 Å². The molecule has 0 saturated heterocycles. The smallest absolute Gasteiger partial charge is 0.261 e. The molecule has 0 spiro atoms. The molecule has 0 radical (unpaired) electrons. The standard InChI is InChI=1S/C4H8N2OS/c1-3(5)6-4(8)7-2/h1,5H2,2H3,(H,6,8). The second kappa shape index (κ2) is 3.26. The number of thiocarbonyl (C=S) groups is 1. The van der Waals surface area contributed by atoms with Crippen LogP contribution in [-0.4, -0.2) is 12.3 Å². The summed E-state index contributed by atoms with van der Waals surface area (Å²) in [5.41, 5.74) is 5.10. The SMILES string of the molecule is C=C(N)NC(=S)OC. The van der Waals surface area contributed by atoms with Crippen molar-refractivity contribution in [2.45, 2.75) is 0 Å². The molecule has 4 heteroatoms. The van der Waals surface area contributed by atoms with Gasteiger partial charge in [-0.2, -0.15) is 0 Å². The molecule has 0 unspecified atom stereocenters. The molecule has 0 amide bonds. The highest BCUT2D eigenvalue weighted by Crippen LogP contribution is 1.73. The summed E-state index contributed by atoms with van der Waals surface area (Å²) < 4.78 is 4.54. The van der Waals surface area contributed by atoms with Gasteiger partial charge in [0.2, 0.25) is 0 Å². The number of hydrogen-bond acceptors (Lipinski definition) is 3. The maximum absolute atomic E-state index is 5.10. The Morgan fingerprint density at radius 3 is 2.50 bits per heavy atom. The molecule has 0 bridgehead atoms. The molecule has 0 aromatic heterocycles. The van der Waals surface area contributed by atoms with Gasteiger partial charge < -0.3 is 15.8 Å². The number of rotatable bonds is 1. The van der Waals surface area contributed by atoms with Gasteiger partial charge in [-0.15, -0.1) is 0 Å². The molecule has 0 atom stereocenters. The fraction of sp³-hybridized carbons (Fsp3) is 0.250. The van der Waals surface area contributed by atoms with Crippen LogP contribution in [-0.2, 0) is 4.74 Å². The summed E-state index contributed by atoms with van der Waals surface area (Å²) in [5.74, 6) is 0.289. The van der Waals surface area contributed by atoms with E-state index in [-0.39, 0.29) is 11.0 Å². The van der Waals surface area contributed by atoms with E-state index in [1.807, 2.05) is 0 Å². The Hall–Kier alpha value is -0.770. The van der Waals surface area contributed by atoms with Crippen LogP contribution in [0.15, 0.2) is 12.4 Å². The van der Waals surface area contributed by atoms with Crippen molar-refractivity contribution in [2.24, 2.45) is 5.73 Å². The van der Waals surface area contributed by atoms with E-state index in [1.54, 1.807) is 0 Å². The first-order valence-corrected chi connectivity index (χ1v) is 2.37. The zero-order valence-corrected chi connectivity index (χ0v) is 5.42. The van der Waals surface area contributed by atoms with Crippen molar-refractivity contribution in [3.05, 3.63) is 12.4 Å². The largest absolute Gasteiger partial charge is 0.474 e. The van der Waals surface area contributed by atoms with E-state index in [0.29, 0.717) is 0 Å². The maximum atomic E-state index is 5.10. The summed E-state index contributed by atoms with van der Waals surface area (Å²) in [6.07, 6.45) is 0. The van der Waals surface area contributed by atoms with E-state index in [0.717, 1.165) is 0 Å². The van der Waals surface area contributed by atoms with Gasteiger partial charge in [0.05, 0.1) is 12.9 Å². The highest BCUT2D eigenvalue weighted by atomic mass is 32.1. The second-order valence-electron chi connectivity index (χ2n) is 1.14. The van der Waals surface area contributed by atoms with E-state index in [9.17, 15) is 0 Å². The molecule has 46 valence electrons. The molecular weight excluding hydrogens is 124 g/mol. The molecule has 0 aliphatic carbocycles. The van der Waals surface area contributed by atoms with Crippen molar-refractivity contribution in [1.29, 1.82) is 0 Å². The molecule has 3 N–H and O–H groups in total. The van der Waals surface area contributed by atoms with Crippen molar-refractivity contribution >= 4 is 17.4 Å². The lowest BCUT2D eigenvalue weighted by atomic mass is 10.8. The van der Waals surface area contributed by atoms with Gasteiger partial charge in [-0.05, 0) is 12.2 Å². The minimum atomic E-state index is 0.234. The van der Waals surface area contributed by atoms with Crippen molar-refractivity contribution < 1.29 is 4.74 Å². The molecule has 0 saturated carbocycles. The summed E-state index contributed by atoms with van der Waals surface area (Å²) in [5, 5.41) is 2.72. The quantitative estimate of drug-likeness (QED) is 0.491. The monoisotopic (exact) mass is 132 g/mol. The highest BCUT2D eigenvalue weighted by molar-refractivity contribution is 7.80. The van der Waals surface area contributed by atoms with E-state index < -0.39 is 0 Å². The van der Waals surface area contributed by atoms with E-state index in [4.69, 9.17) is 5.73 Å². The topological polar surface area (TPSA) is 47.3 Å². The van der Waals surface area contributed by atoms with Gasteiger partial charge >= 0.3 is 0 Å². The third kappa shape index (κ3) is 3.42. The Morgan fingerprint density at radius 2 is 2.38 bits per heavy atom. The summed E-state index contributed by atoms with van der Waals surface area (Å²) >= 11 is 4.56. The Morgan fingerprint density at radius 1 is 1.88 bits per heavy atom. The van der Waals surface area contributed by atoms with Crippen LogP contribution in [0.25, 0.3) is 0 Å². The van der Waals surface area contributed by atoms with Crippen LogP contribution in [0.2, 0.25) is 0 Å². The molecule has 0 aliphatic rings. The lowest BCUT2D eigenvalue weighted by Crippen LogP contribution is -2.25. The third-order valence-electron chi connectivity index (χ3n) is 0.448. The van der Waals surface area contributed by atoms with Crippen molar-refractivity contribution in [3.8, 4) is 0 Å². The summed E-state index contributed by atoms with van der Waals surface area (Å²) in [6.45, 7) is 3.34. The van der Waals surface area contributed by atoms with Crippen LogP contribution in [0.3, 0.4) is 0 Å². The molecule has 0 heterocycles.